The maximum Gasteiger partial charge on any atom is 0.270 e. The number of amides is 2. The van der Waals surface area contributed by atoms with E-state index in [1.54, 1.807) is 4.90 Å². The van der Waals surface area contributed by atoms with Gasteiger partial charge in [-0.3, -0.25) is 9.59 Å². The van der Waals surface area contributed by atoms with E-state index in [1.807, 2.05) is 24.3 Å². The summed E-state index contributed by atoms with van der Waals surface area (Å²) in [5.41, 5.74) is 6.75. The summed E-state index contributed by atoms with van der Waals surface area (Å²) < 4.78 is 0.970. The number of carbonyl (C=O) groups excluding carboxylic acids is 2. The van der Waals surface area contributed by atoms with E-state index in [4.69, 9.17) is 5.73 Å². The monoisotopic (exact) mass is 335 g/mol. The predicted molar refractivity (Wildman–Crippen MR) is 79.2 cm³/mol. The van der Waals surface area contributed by atoms with Crippen LogP contribution in [0.1, 0.15) is 16.9 Å². The van der Waals surface area contributed by atoms with Crippen LogP contribution in [0.5, 0.6) is 0 Å². The summed E-state index contributed by atoms with van der Waals surface area (Å²) in [6, 6.07) is 7.64. The van der Waals surface area contributed by atoms with Gasteiger partial charge in [-0.15, -0.1) is 0 Å². The van der Waals surface area contributed by atoms with Crippen molar-refractivity contribution in [3.8, 4) is 0 Å². The van der Waals surface area contributed by atoms with Crippen molar-refractivity contribution in [2.24, 2.45) is 11.7 Å². The van der Waals surface area contributed by atoms with Crippen LogP contribution in [0.4, 0.5) is 0 Å². The molecular weight excluding hydrogens is 322 g/mol. The molecule has 1 fully saturated rings. The number of aromatic amines is 1. The molecule has 3 N–H and O–H groups in total. The molecule has 0 radical (unpaired) electrons. The van der Waals surface area contributed by atoms with Crippen LogP contribution in [0.2, 0.25) is 0 Å². The highest BCUT2D eigenvalue weighted by Gasteiger charge is 2.30. The molecule has 5 nitrogen and oxygen atoms in total. The number of benzene rings is 1. The largest absolute Gasteiger partial charge is 0.369 e. The van der Waals surface area contributed by atoms with Crippen molar-refractivity contribution in [1.82, 2.24) is 9.88 Å². The number of hydrogen-bond acceptors (Lipinski definition) is 2. The zero-order chi connectivity index (χ0) is 14.3. The smallest absolute Gasteiger partial charge is 0.270 e. The number of rotatable bonds is 2. The van der Waals surface area contributed by atoms with Gasteiger partial charge in [0.2, 0.25) is 5.91 Å². The Morgan fingerprint density at radius 1 is 1.35 bits per heavy atom. The first-order chi connectivity index (χ1) is 9.54. The third kappa shape index (κ3) is 2.31. The fourth-order valence-electron chi connectivity index (χ4n) is 2.57. The Morgan fingerprint density at radius 2 is 2.15 bits per heavy atom. The second-order valence-electron chi connectivity index (χ2n) is 5.05. The highest BCUT2D eigenvalue weighted by molar-refractivity contribution is 9.10. The number of hydrogen-bond donors (Lipinski definition) is 2. The molecule has 0 spiro atoms. The lowest BCUT2D eigenvalue weighted by molar-refractivity contribution is -0.121. The van der Waals surface area contributed by atoms with Crippen LogP contribution in [-0.4, -0.2) is 34.8 Å². The molecule has 1 aromatic heterocycles. The normalized spacial score (nSPS) is 18.6. The molecule has 2 amide bonds. The number of primary amides is 1. The average Bonchev–Trinajstić information content (AvgIpc) is 3.03. The Balaban J connectivity index is 1.84. The predicted octanol–water partition coefficient (Wildman–Crippen LogP) is 1.88. The second kappa shape index (κ2) is 4.94. The summed E-state index contributed by atoms with van der Waals surface area (Å²) in [6.45, 7) is 0.985. The maximum atomic E-state index is 12.4. The van der Waals surface area contributed by atoms with Gasteiger partial charge in [0.05, 0.1) is 5.92 Å². The molecule has 0 aliphatic carbocycles. The van der Waals surface area contributed by atoms with E-state index in [1.165, 1.54) is 0 Å². The van der Waals surface area contributed by atoms with Crippen molar-refractivity contribution in [3.05, 3.63) is 34.4 Å². The molecule has 1 atom stereocenters. The van der Waals surface area contributed by atoms with E-state index in [-0.39, 0.29) is 17.7 Å². The summed E-state index contributed by atoms with van der Waals surface area (Å²) in [7, 11) is 0. The summed E-state index contributed by atoms with van der Waals surface area (Å²) >= 11 is 3.41. The molecule has 0 unspecified atom stereocenters. The van der Waals surface area contributed by atoms with Crippen molar-refractivity contribution in [3.63, 3.8) is 0 Å². The number of nitrogens with two attached hydrogens (primary N) is 1. The quantitative estimate of drug-likeness (QED) is 0.878. The van der Waals surface area contributed by atoms with Gasteiger partial charge in [0.15, 0.2) is 0 Å². The van der Waals surface area contributed by atoms with Crippen LogP contribution in [0.15, 0.2) is 28.7 Å². The molecule has 0 bridgehead atoms. The fraction of sp³-hybridized carbons (Fsp3) is 0.286. The molecule has 104 valence electrons. The molecule has 1 aromatic carbocycles. The summed E-state index contributed by atoms with van der Waals surface area (Å²) in [5.74, 6) is -0.639. The van der Waals surface area contributed by atoms with Gasteiger partial charge in [-0.2, -0.15) is 0 Å². The van der Waals surface area contributed by atoms with Crippen molar-refractivity contribution in [1.29, 1.82) is 0 Å². The standard InChI is InChI=1S/C14H14BrN3O2/c15-10-1-2-11-9(5-10)6-12(17-11)14(20)18-4-3-8(7-18)13(16)19/h1-2,5-6,8,17H,3-4,7H2,(H2,16,19)/t8-/m1/s1. The molecule has 20 heavy (non-hydrogen) atoms. The zero-order valence-corrected chi connectivity index (χ0v) is 12.3. The summed E-state index contributed by atoms with van der Waals surface area (Å²) in [5, 5.41) is 0.980. The highest BCUT2D eigenvalue weighted by atomic mass is 79.9. The minimum Gasteiger partial charge on any atom is -0.369 e. The number of halogens is 1. The number of fused-ring (bicyclic) bond motifs is 1. The lowest BCUT2D eigenvalue weighted by atomic mass is 10.1. The van der Waals surface area contributed by atoms with Crippen molar-refractivity contribution in [2.45, 2.75) is 6.42 Å². The van der Waals surface area contributed by atoms with Crippen molar-refractivity contribution >= 4 is 38.6 Å². The second-order valence-corrected chi connectivity index (χ2v) is 5.97. The Morgan fingerprint density at radius 3 is 2.85 bits per heavy atom. The highest BCUT2D eigenvalue weighted by Crippen LogP contribution is 2.23. The first-order valence-corrected chi connectivity index (χ1v) is 7.21. The molecule has 1 saturated heterocycles. The van der Waals surface area contributed by atoms with Crippen molar-refractivity contribution in [2.75, 3.05) is 13.1 Å². The van der Waals surface area contributed by atoms with E-state index < -0.39 is 0 Å². The lowest BCUT2D eigenvalue weighted by Crippen LogP contribution is -2.31. The molecule has 0 saturated carbocycles. The minimum absolute atomic E-state index is 0.0823. The van der Waals surface area contributed by atoms with E-state index >= 15 is 0 Å². The lowest BCUT2D eigenvalue weighted by Gasteiger charge is -2.14. The van der Waals surface area contributed by atoms with Crippen molar-refractivity contribution < 1.29 is 9.59 Å². The number of carbonyl (C=O) groups is 2. The van der Waals surface area contributed by atoms with E-state index in [2.05, 4.69) is 20.9 Å². The number of H-pyrrole nitrogens is 1. The number of nitrogens with zero attached hydrogens (tertiary/aromatic N) is 1. The van der Waals surface area contributed by atoms with Crippen LogP contribution < -0.4 is 5.73 Å². The average molecular weight is 336 g/mol. The fourth-order valence-corrected chi connectivity index (χ4v) is 2.94. The Hall–Kier alpha value is -1.82. The first-order valence-electron chi connectivity index (χ1n) is 6.41. The molecule has 3 rings (SSSR count). The van der Waals surface area contributed by atoms with Crippen LogP contribution >= 0.6 is 15.9 Å². The van der Waals surface area contributed by atoms with E-state index in [9.17, 15) is 9.59 Å². The Labute approximate surface area is 124 Å². The Bertz CT molecular complexity index is 695. The third-order valence-corrected chi connectivity index (χ3v) is 4.18. The van der Waals surface area contributed by atoms with Crippen LogP contribution in [0.3, 0.4) is 0 Å². The number of nitrogens with one attached hydrogen (secondary N) is 1. The van der Waals surface area contributed by atoms with E-state index in [0.29, 0.717) is 25.2 Å². The zero-order valence-electron chi connectivity index (χ0n) is 10.7. The van der Waals surface area contributed by atoms with Gasteiger partial charge in [-0.05, 0) is 30.7 Å². The topological polar surface area (TPSA) is 79.2 Å². The number of likely N-dealkylation sites (tertiary alicyclic amines) is 1. The molecule has 6 heteroatoms. The van der Waals surface area contributed by atoms with Gasteiger partial charge >= 0.3 is 0 Å². The van der Waals surface area contributed by atoms with Gasteiger partial charge in [-0.1, -0.05) is 15.9 Å². The molecular formula is C14H14BrN3O2. The van der Waals surface area contributed by atoms with Gasteiger partial charge in [0.25, 0.3) is 5.91 Å². The van der Waals surface area contributed by atoms with Crippen LogP contribution in [0.25, 0.3) is 10.9 Å². The van der Waals surface area contributed by atoms with Gasteiger partial charge in [0, 0.05) is 28.5 Å². The molecule has 1 aliphatic heterocycles. The van der Waals surface area contributed by atoms with Gasteiger partial charge < -0.3 is 15.6 Å². The van der Waals surface area contributed by atoms with Crippen LogP contribution in [0, 0.1) is 5.92 Å². The van der Waals surface area contributed by atoms with Gasteiger partial charge in [0.1, 0.15) is 5.69 Å². The Kier molecular flexibility index (Phi) is 3.25. The molecule has 2 heterocycles. The SMILES string of the molecule is NC(=O)[C@@H]1CCN(C(=O)c2cc3cc(Br)ccc3[nH]2)C1. The third-order valence-electron chi connectivity index (χ3n) is 3.69. The van der Waals surface area contributed by atoms with Gasteiger partial charge in [-0.25, -0.2) is 0 Å². The van der Waals surface area contributed by atoms with Crippen LogP contribution in [-0.2, 0) is 4.79 Å². The molecule has 1 aliphatic rings. The first kappa shape index (κ1) is 13.2. The maximum absolute atomic E-state index is 12.4. The summed E-state index contributed by atoms with van der Waals surface area (Å²) in [4.78, 5) is 28.3. The minimum atomic E-state index is -0.333. The number of aromatic nitrogens is 1. The summed E-state index contributed by atoms with van der Waals surface area (Å²) in [6.07, 6.45) is 0.646. The molecule has 2 aromatic rings. The van der Waals surface area contributed by atoms with E-state index in [0.717, 1.165) is 15.4 Å².